The number of likely N-dealkylation sites (tertiary alicyclic amines) is 1. The number of nitrogens with one attached hydrogen (secondary N) is 1. The number of esters is 1. The highest BCUT2D eigenvalue weighted by molar-refractivity contribution is 8.02. The van der Waals surface area contributed by atoms with Crippen LogP contribution in [0.2, 0.25) is 0 Å². The van der Waals surface area contributed by atoms with Crippen LogP contribution in [0.15, 0.2) is 30.3 Å². The van der Waals surface area contributed by atoms with Crippen LogP contribution in [0, 0.1) is 11.8 Å². The number of thioether (sulfide) groups is 1. The van der Waals surface area contributed by atoms with Crippen molar-refractivity contribution in [1.82, 2.24) is 10.2 Å². The number of carbonyl (C=O) groups excluding carboxylic acids is 3. The molecule has 1 aromatic carbocycles. The normalized spacial score (nSPS) is 33.1. The first-order chi connectivity index (χ1) is 16.0. The summed E-state index contributed by atoms with van der Waals surface area (Å²) in [6.45, 7) is 9.50. The van der Waals surface area contributed by atoms with Gasteiger partial charge in [0.05, 0.1) is 35.8 Å². The van der Waals surface area contributed by atoms with E-state index in [0.29, 0.717) is 12.8 Å². The van der Waals surface area contributed by atoms with Gasteiger partial charge < -0.3 is 20.1 Å². The zero-order valence-corrected chi connectivity index (χ0v) is 21.5. The van der Waals surface area contributed by atoms with Crippen LogP contribution in [0.4, 0.5) is 0 Å². The van der Waals surface area contributed by atoms with E-state index in [9.17, 15) is 19.5 Å². The summed E-state index contributed by atoms with van der Waals surface area (Å²) in [7, 11) is 0. The van der Waals surface area contributed by atoms with Crippen LogP contribution in [-0.4, -0.2) is 68.1 Å². The van der Waals surface area contributed by atoms with E-state index < -0.39 is 39.0 Å². The van der Waals surface area contributed by atoms with Crippen LogP contribution in [0.5, 0.6) is 0 Å². The van der Waals surface area contributed by atoms with E-state index in [2.05, 4.69) is 5.32 Å². The summed E-state index contributed by atoms with van der Waals surface area (Å²) >= 11 is 1.61. The third-order valence-corrected chi connectivity index (χ3v) is 9.41. The van der Waals surface area contributed by atoms with Crippen molar-refractivity contribution in [2.24, 2.45) is 11.8 Å². The van der Waals surface area contributed by atoms with Crippen LogP contribution in [0.3, 0.4) is 0 Å². The Hall–Kier alpha value is -2.06. The number of aliphatic hydroxyl groups excluding tert-OH is 1. The topological polar surface area (TPSA) is 95.9 Å². The molecule has 7 nitrogen and oxygen atoms in total. The number of nitrogens with zero attached hydrogens (tertiary/aromatic N) is 1. The van der Waals surface area contributed by atoms with Gasteiger partial charge in [-0.25, -0.2) is 0 Å². The molecule has 2 unspecified atom stereocenters. The van der Waals surface area contributed by atoms with Gasteiger partial charge in [0.1, 0.15) is 6.04 Å². The van der Waals surface area contributed by atoms with Crippen molar-refractivity contribution in [3.05, 3.63) is 35.9 Å². The quantitative estimate of drug-likeness (QED) is 0.573. The van der Waals surface area contributed by atoms with E-state index in [4.69, 9.17) is 4.74 Å². The summed E-state index contributed by atoms with van der Waals surface area (Å²) in [6.07, 6.45) is 1.83. The molecule has 3 aliphatic heterocycles. The molecule has 8 heteroatoms. The van der Waals surface area contributed by atoms with Crippen LogP contribution >= 0.6 is 11.8 Å². The Labute approximate surface area is 206 Å². The summed E-state index contributed by atoms with van der Waals surface area (Å²) in [5, 5.41) is 13.5. The first-order valence-corrected chi connectivity index (χ1v) is 12.9. The predicted molar refractivity (Wildman–Crippen MR) is 131 cm³/mol. The van der Waals surface area contributed by atoms with Crippen LogP contribution < -0.4 is 5.32 Å². The largest absolute Gasteiger partial charge is 0.466 e. The van der Waals surface area contributed by atoms with Crippen molar-refractivity contribution in [1.29, 1.82) is 0 Å². The molecule has 3 aliphatic rings. The van der Waals surface area contributed by atoms with E-state index in [-0.39, 0.29) is 31.0 Å². The summed E-state index contributed by atoms with van der Waals surface area (Å²) in [6, 6.07) is 8.33. The molecule has 186 valence electrons. The third-order valence-electron chi connectivity index (χ3n) is 7.42. The molecule has 3 fully saturated rings. The number of hydrogen-bond acceptors (Lipinski definition) is 6. The van der Waals surface area contributed by atoms with Gasteiger partial charge in [-0.15, -0.1) is 11.8 Å². The molecule has 0 radical (unpaired) electrons. The summed E-state index contributed by atoms with van der Waals surface area (Å²) in [5.41, 5.74) is 0.491. The minimum absolute atomic E-state index is 0.224. The second-order valence-corrected chi connectivity index (χ2v) is 12.9. The fourth-order valence-corrected chi connectivity index (χ4v) is 8.55. The lowest BCUT2D eigenvalue weighted by Gasteiger charge is -2.38. The fraction of sp³-hybridized carbons (Fsp3) is 0.654. The van der Waals surface area contributed by atoms with Gasteiger partial charge in [-0.2, -0.15) is 0 Å². The molecule has 1 aromatic rings. The summed E-state index contributed by atoms with van der Waals surface area (Å²) in [5.74, 6) is -2.06. The molecule has 0 aromatic heterocycles. The fourth-order valence-electron chi connectivity index (χ4n) is 6.22. The number of fused-ring (bicyclic) bond motifs is 1. The van der Waals surface area contributed by atoms with E-state index >= 15 is 0 Å². The number of benzene rings is 1. The standard InChI is InChI=1S/C26H36N2O5S/c1-6-33-23(32)19-18-22(31)28(17(15-29)14-16-10-8-7-9-11-16)20(21(30)27-24(2,3)4)26(18)13-12-25(19,5)34-26/h7-11,17-20,29H,6,12-15H2,1-5H3,(H,27,30)/t17-,18+,19+,20?,25-,26?/m1/s1. The first-order valence-electron chi connectivity index (χ1n) is 12.1. The molecule has 2 amide bonds. The average molecular weight is 489 g/mol. The van der Waals surface area contributed by atoms with Gasteiger partial charge in [0.25, 0.3) is 0 Å². The molecule has 34 heavy (non-hydrogen) atoms. The maximum atomic E-state index is 14.1. The van der Waals surface area contributed by atoms with Gasteiger partial charge in [-0.1, -0.05) is 30.3 Å². The Morgan fingerprint density at radius 3 is 2.53 bits per heavy atom. The number of ether oxygens (including phenoxy) is 1. The van der Waals surface area contributed by atoms with Crippen molar-refractivity contribution < 1.29 is 24.2 Å². The summed E-state index contributed by atoms with van der Waals surface area (Å²) in [4.78, 5) is 42.6. The molecule has 2 bridgehead atoms. The number of hydrogen-bond donors (Lipinski definition) is 2. The molecule has 0 aliphatic carbocycles. The lowest BCUT2D eigenvalue weighted by atomic mass is 9.66. The van der Waals surface area contributed by atoms with Gasteiger partial charge in [0.15, 0.2) is 0 Å². The first kappa shape index (κ1) is 25.0. The van der Waals surface area contributed by atoms with Crippen molar-refractivity contribution in [2.75, 3.05) is 13.2 Å². The molecule has 6 atom stereocenters. The Morgan fingerprint density at radius 2 is 1.94 bits per heavy atom. The molecule has 2 N–H and O–H groups in total. The van der Waals surface area contributed by atoms with E-state index in [0.717, 1.165) is 12.0 Å². The van der Waals surface area contributed by atoms with Gasteiger partial charge in [0.2, 0.25) is 11.8 Å². The van der Waals surface area contributed by atoms with E-state index in [1.165, 1.54) is 0 Å². The molecule has 0 saturated carbocycles. The molecular formula is C26H36N2O5S. The minimum atomic E-state index is -0.767. The van der Waals surface area contributed by atoms with Gasteiger partial charge >= 0.3 is 5.97 Å². The van der Waals surface area contributed by atoms with Gasteiger partial charge in [-0.3, -0.25) is 14.4 Å². The predicted octanol–water partition coefficient (Wildman–Crippen LogP) is 2.55. The smallest absolute Gasteiger partial charge is 0.311 e. The second-order valence-electron chi connectivity index (χ2n) is 11.0. The Morgan fingerprint density at radius 1 is 1.26 bits per heavy atom. The monoisotopic (exact) mass is 488 g/mol. The number of amides is 2. The van der Waals surface area contributed by atoms with Crippen LogP contribution in [0.1, 0.15) is 53.0 Å². The highest BCUT2D eigenvalue weighted by Gasteiger charge is 2.78. The Kier molecular flexibility index (Phi) is 6.53. The molecule has 3 heterocycles. The lowest BCUT2D eigenvalue weighted by Crippen LogP contribution is -2.59. The minimum Gasteiger partial charge on any atom is -0.466 e. The Balaban J connectivity index is 1.78. The van der Waals surface area contributed by atoms with Crippen LogP contribution in [0.25, 0.3) is 0 Å². The average Bonchev–Trinajstić information content (AvgIpc) is 3.32. The highest BCUT2D eigenvalue weighted by atomic mass is 32.2. The van der Waals surface area contributed by atoms with Crippen molar-refractivity contribution in [3.8, 4) is 0 Å². The summed E-state index contributed by atoms with van der Waals surface area (Å²) < 4.78 is 4.25. The number of rotatable bonds is 7. The van der Waals surface area contributed by atoms with Crippen molar-refractivity contribution >= 4 is 29.5 Å². The maximum absolute atomic E-state index is 14.1. The SMILES string of the molecule is CCOC(=O)[C@@H]1[C@H]2C(=O)N([C@@H](CO)Cc3ccccc3)C(C(=O)NC(C)(C)C)C23CC[C@@]1(C)S3. The molecular weight excluding hydrogens is 452 g/mol. The van der Waals surface area contributed by atoms with E-state index in [1.54, 1.807) is 23.6 Å². The van der Waals surface area contributed by atoms with Crippen molar-refractivity contribution in [3.63, 3.8) is 0 Å². The lowest BCUT2D eigenvalue weighted by molar-refractivity contribution is -0.155. The third kappa shape index (κ3) is 4.02. The zero-order valence-electron chi connectivity index (χ0n) is 20.7. The second kappa shape index (κ2) is 8.86. The van der Waals surface area contributed by atoms with Gasteiger partial charge in [0, 0.05) is 10.3 Å². The molecule has 4 rings (SSSR count). The maximum Gasteiger partial charge on any atom is 0.311 e. The van der Waals surface area contributed by atoms with Crippen molar-refractivity contribution in [2.45, 2.75) is 81.0 Å². The molecule has 1 spiro atoms. The van der Waals surface area contributed by atoms with Gasteiger partial charge in [-0.05, 0) is 59.4 Å². The number of carbonyl (C=O) groups is 3. The van der Waals surface area contributed by atoms with E-state index in [1.807, 2.05) is 58.0 Å². The number of aliphatic hydroxyl groups is 1. The zero-order chi connectivity index (χ0) is 24.9. The van der Waals surface area contributed by atoms with Crippen LogP contribution in [-0.2, 0) is 25.5 Å². The molecule has 3 saturated heterocycles. The highest BCUT2D eigenvalue weighted by Crippen LogP contribution is 2.71. The Bertz CT molecular complexity index is 964.